The first-order chi connectivity index (χ1) is 7.08. The highest BCUT2D eigenvalue weighted by atomic mass is 16.3. The average molecular weight is 208 g/mol. The van der Waals surface area contributed by atoms with Crippen molar-refractivity contribution in [1.82, 2.24) is 5.32 Å². The van der Waals surface area contributed by atoms with Gasteiger partial charge in [0.2, 0.25) is 5.91 Å². The van der Waals surface area contributed by atoms with Crippen molar-refractivity contribution in [2.24, 2.45) is 5.73 Å². The lowest BCUT2D eigenvalue weighted by Gasteiger charge is -2.12. The van der Waals surface area contributed by atoms with Crippen LogP contribution in [0.2, 0.25) is 0 Å². The highest BCUT2D eigenvalue weighted by molar-refractivity contribution is 5.75. The molecule has 1 unspecified atom stereocenters. The number of carbonyl (C=O) groups excluding carboxylic acids is 1. The van der Waals surface area contributed by atoms with Gasteiger partial charge < -0.3 is 16.2 Å². The normalized spacial score (nSPS) is 12.3. The molecule has 0 fully saturated rings. The summed E-state index contributed by atoms with van der Waals surface area (Å²) in [5.41, 5.74) is 6.13. The van der Waals surface area contributed by atoms with Gasteiger partial charge in [0, 0.05) is 6.04 Å². The van der Waals surface area contributed by atoms with Gasteiger partial charge in [-0.15, -0.1) is 0 Å². The summed E-state index contributed by atoms with van der Waals surface area (Å²) in [6.45, 7) is 2.18. The Morgan fingerprint density at radius 2 is 2.07 bits per heavy atom. The van der Waals surface area contributed by atoms with Gasteiger partial charge in [-0.3, -0.25) is 4.79 Å². The lowest BCUT2D eigenvalue weighted by atomic mass is 10.1. The van der Waals surface area contributed by atoms with E-state index in [0.717, 1.165) is 12.0 Å². The lowest BCUT2D eigenvalue weighted by Crippen LogP contribution is -2.35. The predicted octanol–water partition coefficient (Wildman–Crippen LogP) is 0.398. The van der Waals surface area contributed by atoms with Gasteiger partial charge in [0.25, 0.3) is 0 Å². The summed E-state index contributed by atoms with van der Waals surface area (Å²) in [6, 6.07) is 7.20. The number of primary amides is 1. The monoisotopic (exact) mass is 208 g/mol. The van der Waals surface area contributed by atoms with Gasteiger partial charge >= 0.3 is 0 Å². The van der Waals surface area contributed by atoms with Crippen molar-refractivity contribution in [2.45, 2.75) is 19.4 Å². The van der Waals surface area contributed by atoms with E-state index >= 15 is 0 Å². The van der Waals surface area contributed by atoms with Crippen LogP contribution in [0.4, 0.5) is 0 Å². The number of benzene rings is 1. The van der Waals surface area contributed by atoms with E-state index in [4.69, 9.17) is 10.8 Å². The van der Waals surface area contributed by atoms with Crippen LogP contribution in [0.15, 0.2) is 24.3 Å². The first-order valence-corrected chi connectivity index (χ1v) is 4.87. The van der Waals surface area contributed by atoms with Crippen LogP contribution >= 0.6 is 0 Å². The second kappa shape index (κ2) is 5.36. The maximum atomic E-state index is 10.5. The van der Waals surface area contributed by atoms with Gasteiger partial charge in [-0.1, -0.05) is 12.1 Å². The largest absolute Gasteiger partial charge is 0.508 e. The van der Waals surface area contributed by atoms with Crippen molar-refractivity contribution in [2.75, 3.05) is 6.54 Å². The maximum absolute atomic E-state index is 10.5. The van der Waals surface area contributed by atoms with Crippen molar-refractivity contribution in [1.29, 1.82) is 0 Å². The van der Waals surface area contributed by atoms with E-state index in [1.54, 1.807) is 12.1 Å². The zero-order chi connectivity index (χ0) is 11.3. The van der Waals surface area contributed by atoms with E-state index in [-0.39, 0.29) is 24.2 Å². The molecule has 0 aliphatic heterocycles. The predicted molar refractivity (Wildman–Crippen MR) is 58.5 cm³/mol. The summed E-state index contributed by atoms with van der Waals surface area (Å²) < 4.78 is 0. The Bertz CT molecular complexity index is 322. The highest BCUT2D eigenvalue weighted by Gasteiger charge is 2.04. The van der Waals surface area contributed by atoms with Crippen molar-refractivity contribution >= 4 is 5.91 Å². The van der Waals surface area contributed by atoms with Gasteiger partial charge in [0.15, 0.2) is 0 Å². The van der Waals surface area contributed by atoms with E-state index in [1.165, 1.54) is 0 Å². The molecule has 1 amide bonds. The first-order valence-electron chi connectivity index (χ1n) is 4.87. The molecule has 0 aliphatic carbocycles. The van der Waals surface area contributed by atoms with E-state index in [9.17, 15) is 4.79 Å². The molecule has 0 bridgehead atoms. The molecule has 0 heterocycles. The summed E-state index contributed by atoms with van der Waals surface area (Å²) in [4.78, 5) is 10.5. The van der Waals surface area contributed by atoms with Gasteiger partial charge in [-0.2, -0.15) is 0 Å². The summed E-state index contributed by atoms with van der Waals surface area (Å²) in [5, 5.41) is 12.1. The number of nitrogens with two attached hydrogens (primary N) is 1. The number of aromatic hydroxyl groups is 1. The highest BCUT2D eigenvalue weighted by Crippen LogP contribution is 2.10. The lowest BCUT2D eigenvalue weighted by molar-refractivity contribution is -0.117. The van der Waals surface area contributed by atoms with Gasteiger partial charge in [-0.05, 0) is 31.0 Å². The van der Waals surface area contributed by atoms with Crippen LogP contribution in [0.3, 0.4) is 0 Å². The number of hydrogen-bond donors (Lipinski definition) is 3. The van der Waals surface area contributed by atoms with Crippen LogP contribution in [0.25, 0.3) is 0 Å². The summed E-state index contributed by atoms with van der Waals surface area (Å²) in [7, 11) is 0. The number of phenolic OH excluding ortho intramolecular Hbond substituents is 1. The Morgan fingerprint density at radius 1 is 1.47 bits per heavy atom. The van der Waals surface area contributed by atoms with Crippen molar-refractivity contribution < 1.29 is 9.90 Å². The van der Waals surface area contributed by atoms with Gasteiger partial charge in [0.05, 0.1) is 6.54 Å². The van der Waals surface area contributed by atoms with E-state index in [1.807, 2.05) is 19.1 Å². The first kappa shape index (κ1) is 11.5. The van der Waals surface area contributed by atoms with Crippen LogP contribution < -0.4 is 11.1 Å². The molecule has 1 rings (SSSR count). The Labute approximate surface area is 89.1 Å². The smallest absolute Gasteiger partial charge is 0.231 e. The van der Waals surface area contributed by atoms with Crippen LogP contribution in [-0.4, -0.2) is 23.6 Å². The average Bonchev–Trinajstić information content (AvgIpc) is 2.19. The Morgan fingerprint density at radius 3 is 2.60 bits per heavy atom. The van der Waals surface area contributed by atoms with Crippen molar-refractivity contribution in [3.05, 3.63) is 29.8 Å². The Balaban J connectivity index is 2.40. The molecule has 15 heavy (non-hydrogen) atoms. The molecule has 4 N–H and O–H groups in total. The fourth-order valence-corrected chi connectivity index (χ4v) is 1.33. The number of rotatable bonds is 5. The second-order valence-corrected chi connectivity index (χ2v) is 3.62. The third kappa shape index (κ3) is 4.46. The topological polar surface area (TPSA) is 75.3 Å². The molecule has 1 aromatic rings. The fourth-order valence-electron chi connectivity index (χ4n) is 1.33. The van der Waals surface area contributed by atoms with E-state index in [0.29, 0.717) is 0 Å². The molecule has 0 spiro atoms. The number of hydrogen-bond acceptors (Lipinski definition) is 3. The number of amides is 1. The zero-order valence-electron chi connectivity index (χ0n) is 8.73. The SMILES string of the molecule is CC(Cc1ccc(O)cc1)NCC(N)=O. The number of carbonyl (C=O) groups is 1. The molecule has 0 aliphatic rings. The molecule has 1 aromatic carbocycles. The van der Waals surface area contributed by atoms with E-state index in [2.05, 4.69) is 5.32 Å². The minimum atomic E-state index is -0.354. The van der Waals surface area contributed by atoms with Gasteiger partial charge in [0.1, 0.15) is 5.75 Å². The number of nitrogens with one attached hydrogen (secondary N) is 1. The molecular weight excluding hydrogens is 192 g/mol. The van der Waals surface area contributed by atoms with Crippen LogP contribution in [0.1, 0.15) is 12.5 Å². The molecule has 0 saturated carbocycles. The summed E-state index contributed by atoms with van der Waals surface area (Å²) in [5.74, 6) is -0.0935. The third-order valence-electron chi connectivity index (χ3n) is 2.10. The molecule has 0 saturated heterocycles. The molecule has 1 atom stereocenters. The van der Waals surface area contributed by atoms with Crippen molar-refractivity contribution in [3.63, 3.8) is 0 Å². The quantitative estimate of drug-likeness (QED) is 0.655. The minimum Gasteiger partial charge on any atom is -0.508 e. The number of phenols is 1. The zero-order valence-corrected chi connectivity index (χ0v) is 8.73. The van der Waals surface area contributed by atoms with E-state index < -0.39 is 0 Å². The molecule has 4 nitrogen and oxygen atoms in total. The fraction of sp³-hybridized carbons (Fsp3) is 0.364. The summed E-state index contributed by atoms with van der Waals surface area (Å²) >= 11 is 0. The Hall–Kier alpha value is -1.55. The minimum absolute atomic E-state index is 0.182. The maximum Gasteiger partial charge on any atom is 0.231 e. The molecule has 0 radical (unpaired) electrons. The molecule has 82 valence electrons. The van der Waals surface area contributed by atoms with Gasteiger partial charge in [-0.25, -0.2) is 0 Å². The van der Waals surface area contributed by atoms with Crippen molar-refractivity contribution in [3.8, 4) is 5.75 Å². The standard InChI is InChI=1S/C11H16N2O2/c1-8(13-7-11(12)15)6-9-2-4-10(14)5-3-9/h2-5,8,13-14H,6-7H2,1H3,(H2,12,15). The third-order valence-corrected chi connectivity index (χ3v) is 2.10. The van der Waals surface area contributed by atoms with Crippen LogP contribution in [0.5, 0.6) is 5.75 Å². The molecule has 4 heteroatoms. The second-order valence-electron chi connectivity index (χ2n) is 3.62. The molecule has 0 aromatic heterocycles. The Kier molecular flexibility index (Phi) is 4.12. The van der Waals surface area contributed by atoms with Crippen LogP contribution in [0, 0.1) is 0 Å². The van der Waals surface area contributed by atoms with Crippen LogP contribution in [-0.2, 0) is 11.2 Å². The summed E-state index contributed by atoms with van der Waals surface area (Å²) in [6.07, 6.45) is 0.799. The molecular formula is C11H16N2O2.